The molecule has 2 rings (SSSR count). The van der Waals surface area contributed by atoms with Crippen molar-refractivity contribution in [2.45, 2.75) is 25.3 Å². The molecule has 0 unspecified atom stereocenters. The number of carboxylic acids is 1. The third-order valence-electron chi connectivity index (χ3n) is 3.57. The number of aliphatic hydroxyl groups is 1. The Kier molecular flexibility index (Phi) is 5.19. The Morgan fingerprint density at radius 2 is 2.10 bits per heavy atom. The van der Waals surface area contributed by atoms with Crippen LogP contribution in [0.2, 0.25) is 0 Å². The van der Waals surface area contributed by atoms with Gasteiger partial charge in [0.2, 0.25) is 0 Å². The third kappa shape index (κ3) is 3.74. The van der Waals surface area contributed by atoms with Crippen molar-refractivity contribution in [1.82, 2.24) is 4.90 Å². The fourth-order valence-corrected chi connectivity index (χ4v) is 2.63. The van der Waals surface area contributed by atoms with E-state index in [1.54, 1.807) is 17.0 Å². The SMILES string of the molecule is O=C(O)c1cc(NC(=O)N(CCO)C2CCC2)ccc1Br. The molecule has 21 heavy (non-hydrogen) atoms. The molecule has 0 aliphatic heterocycles. The molecule has 1 saturated carbocycles. The van der Waals surface area contributed by atoms with E-state index in [2.05, 4.69) is 21.2 Å². The van der Waals surface area contributed by atoms with Gasteiger partial charge in [-0.15, -0.1) is 0 Å². The molecule has 2 amide bonds. The number of amides is 2. The van der Waals surface area contributed by atoms with E-state index >= 15 is 0 Å². The second-order valence-corrected chi connectivity index (χ2v) is 5.79. The molecule has 1 fully saturated rings. The van der Waals surface area contributed by atoms with Crippen LogP contribution in [0.25, 0.3) is 0 Å². The summed E-state index contributed by atoms with van der Waals surface area (Å²) in [4.78, 5) is 24.9. The van der Waals surface area contributed by atoms with Crippen LogP contribution >= 0.6 is 15.9 Å². The monoisotopic (exact) mass is 356 g/mol. The smallest absolute Gasteiger partial charge is 0.336 e. The van der Waals surface area contributed by atoms with E-state index in [9.17, 15) is 9.59 Å². The average Bonchev–Trinajstić information content (AvgIpc) is 2.38. The van der Waals surface area contributed by atoms with E-state index in [4.69, 9.17) is 10.2 Å². The number of urea groups is 1. The molecule has 0 radical (unpaired) electrons. The van der Waals surface area contributed by atoms with E-state index in [1.807, 2.05) is 0 Å². The molecule has 3 N–H and O–H groups in total. The van der Waals surface area contributed by atoms with Crippen molar-refractivity contribution < 1.29 is 19.8 Å². The van der Waals surface area contributed by atoms with E-state index in [0.717, 1.165) is 19.3 Å². The zero-order chi connectivity index (χ0) is 15.4. The summed E-state index contributed by atoms with van der Waals surface area (Å²) in [5.74, 6) is -1.07. The van der Waals surface area contributed by atoms with Crippen molar-refractivity contribution in [1.29, 1.82) is 0 Å². The minimum atomic E-state index is -1.07. The van der Waals surface area contributed by atoms with E-state index in [1.165, 1.54) is 6.07 Å². The summed E-state index contributed by atoms with van der Waals surface area (Å²) in [6, 6.07) is 4.46. The lowest BCUT2D eigenvalue weighted by atomic mass is 9.92. The first-order valence-electron chi connectivity index (χ1n) is 6.74. The molecule has 0 saturated heterocycles. The minimum Gasteiger partial charge on any atom is -0.478 e. The first-order valence-corrected chi connectivity index (χ1v) is 7.53. The van der Waals surface area contributed by atoms with Gasteiger partial charge in [0, 0.05) is 22.7 Å². The molecular weight excluding hydrogens is 340 g/mol. The van der Waals surface area contributed by atoms with Gasteiger partial charge in [-0.05, 0) is 53.4 Å². The molecule has 0 aromatic heterocycles. The molecular formula is C14H17BrN2O4. The Bertz CT molecular complexity index is 546. The predicted octanol–water partition coefficient (Wildman–Crippen LogP) is 2.53. The molecule has 1 aromatic carbocycles. The normalized spacial score (nSPS) is 14.4. The molecule has 0 spiro atoms. The number of nitrogens with zero attached hydrogens (tertiary/aromatic N) is 1. The first kappa shape index (κ1) is 15.8. The Hall–Kier alpha value is -1.60. The lowest BCUT2D eigenvalue weighted by Gasteiger charge is -2.37. The third-order valence-corrected chi connectivity index (χ3v) is 4.26. The second-order valence-electron chi connectivity index (χ2n) is 4.93. The molecule has 0 heterocycles. The van der Waals surface area contributed by atoms with Gasteiger partial charge >= 0.3 is 12.0 Å². The second kappa shape index (κ2) is 6.91. The molecule has 1 aliphatic carbocycles. The standard InChI is InChI=1S/C14H17BrN2O4/c15-12-5-4-9(8-11(12)13(19)20)16-14(21)17(6-7-18)10-2-1-3-10/h4-5,8,10,18H,1-3,6-7H2,(H,16,21)(H,19,20). The van der Waals surface area contributed by atoms with Crippen LogP contribution in [0.4, 0.5) is 10.5 Å². The van der Waals surface area contributed by atoms with Gasteiger partial charge in [-0.2, -0.15) is 0 Å². The molecule has 0 atom stereocenters. The molecule has 7 heteroatoms. The van der Waals surface area contributed by atoms with E-state index in [0.29, 0.717) is 10.2 Å². The summed E-state index contributed by atoms with van der Waals surface area (Å²) >= 11 is 3.16. The Morgan fingerprint density at radius 3 is 2.62 bits per heavy atom. The summed E-state index contributed by atoms with van der Waals surface area (Å²) in [6.45, 7) is 0.184. The fraction of sp³-hybridized carbons (Fsp3) is 0.429. The lowest BCUT2D eigenvalue weighted by Crippen LogP contribution is -2.47. The number of halogens is 1. The van der Waals surface area contributed by atoms with Crippen LogP contribution < -0.4 is 5.32 Å². The number of aliphatic hydroxyl groups excluding tert-OH is 1. The van der Waals surface area contributed by atoms with Gasteiger partial charge in [0.05, 0.1) is 12.2 Å². The van der Waals surface area contributed by atoms with Crippen LogP contribution in [0.5, 0.6) is 0 Å². The highest BCUT2D eigenvalue weighted by atomic mass is 79.9. The summed E-state index contributed by atoms with van der Waals surface area (Å²) < 4.78 is 0.458. The number of hydrogen-bond donors (Lipinski definition) is 3. The fourth-order valence-electron chi connectivity index (χ4n) is 2.22. The number of hydrogen-bond acceptors (Lipinski definition) is 3. The highest BCUT2D eigenvalue weighted by Gasteiger charge is 2.28. The Morgan fingerprint density at radius 1 is 1.38 bits per heavy atom. The van der Waals surface area contributed by atoms with Crippen LogP contribution in [0, 0.1) is 0 Å². The number of carbonyl (C=O) groups excluding carboxylic acids is 1. The van der Waals surface area contributed by atoms with Gasteiger partial charge in [-0.3, -0.25) is 0 Å². The average molecular weight is 357 g/mol. The van der Waals surface area contributed by atoms with E-state index in [-0.39, 0.29) is 30.8 Å². The van der Waals surface area contributed by atoms with Crippen LogP contribution in [0.3, 0.4) is 0 Å². The Balaban J connectivity index is 2.10. The number of anilines is 1. The van der Waals surface area contributed by atoms with Crippen LogP contribution in [0.15, 0.2) is 22.7 Å². The van der Waals surface area contributed by atoms with Crippen molar-refractivity contribution in [2.75, 3.05) is 18.5 Å². The van der Waals surface area contributed by atoms with Crippen molar-refractivity contribution >= 4 is 33.6 Å². The summed E-state index contributed by atoms with van der Waals surface area (Å²) in [5, 5.41) is 20.8. The quantitative estimate of drug-likeness (QED) is 0.755. The zero-order valence-electron chi connectivity index (χ0n) is 11.4. The van der Waals surface area contributed by atoms with Crippen LogP contribution in [-0.2, 0) is 0 Å². The molecule has 0 bridgehead atoms. The van der Waals surface area contributed by atoms with Gasteiger partial charge in [-0.1, -0.05) is 0 Å². The van der Waals surface area contributed by atoms with Crippen LogP contribution in [0.1, 0.15) is 29.6 Å². The highest BCUT2D eigenvalue weighted by Crippen LogP contribution is 2.26. The maximum Gasteiger partial charge on any atom is 0.336 e. The zero-order valence-corrected chi connectivity index (χ0v) is 13.0. The topological polar surface area (TPSA) is 89.9 Å². The maximum absolute atomic E-state index is 12.2. The van der Waals surface area contributed by atoms with Crippen molar-refractivity contribution in [3.05, 3.63) is 28.2 Å². The van der Waals surface area contributed by atoms with Gasteiger partial charge in [0.25, 0.3) is 0 Å². The lowest BCUT2D eigenvalue weighted by molar-refractivity contribution is 0.0696. The summed E-state index contributed by atoms with van der Waals surface area (Å²) in [5.41, 5.74) is 0.507. The molecule has 6 nitrogen and oxygen atoms in total. The number of nitrogens with one attached hydrogen (secondary N) is 1. The van der Waals surface area contributed by atoms with Crippen molar-refractivity contribution in [3.8, 4) is 0 Å². The number of aromatic carboxylic acids is 1. The number of benzene rings is 1. The number of carbonyl (C=O) groups is 2. The van der Waals surface area contributed by atoms with E-state index < -0.39 is 5.97 Å². The van der Waals surface area contributed by atoms with Gasteiger partial charge in [-0.25, -0.2) is 9.59 Å². The Labute approximate surface area is 130 Å². The van der Waals surface area contributed by atoms with Crippen molar-refractivity contribution in [2.24, 2.45) is 0 Å². The van der Waals surface area contributed by atoms with Gasteiger partial charge in [0.1, 0.15) is 0 Å². The summed E-state index contributed by atoms with van der Waals surface area (Å²) in [6.07, 6.45) is 2.96. The first-order chi connectivity index (χ1) is 10.0. The number of rotatable bonds is 5. The van der Waals surface area contributed by atoms with Crippen molar-refractivity contribution in [3.63, 3.8) is 0 Å². The molecule has 1 aliphatic rings. The summed E-state index contributed by atoms with van der Waals surface area (Å²) in [7, 11) is 0. The van der Waals surface area contributed by atoms with Crippen LogP contribution in [-0.4, -0.2) is 46.3 Å². The highest BCUT2D eigenvalue weighted by molar-refractivity contribution is 9.10. The minimum absolute atomic E-state index is 0.0881. The molecule has 1 aromatic rings. The van der Waals surface area contributed by atoms with Gasteiger partial charge < -0.3 is 20.4 Å². The molecule has 114 valence electrons. The predicted molar refractivity (Wildman–Crippen MR) is 81.6 cm³/mol. The largest absolute Gasteiger partial charge is 0.478 e. The van der Waals surface area contributed by atoms with Gasteiger partial charge in [0.15, 0.2) is 0 Å². The maximum atomic E-state index is 12.2. The number of carboxylic acid groups (broad SMARTS) is 1.